The SMILES string of the molecule is O=c1n(CN2CCN(c3cccc(Cl)c3)CC2)nnn1-c1ccccc1. The Morgan fingerprint density at radius 3 is 2.35 bits per heavy atom. The first kappa shape index (κ1) is 16.8. The minimum atomic E-state index is -0.228. The number of rotatable bonds is 4. The fraction of sp³-hybridized carbons (Fsp3) is 0.278. The highest BCUT2D eigenvalue weighted by molar-refractivity contribution is 6.30. The quantitative estimate of drug-likeness (QED) is 0.701. The van der Waals surface area contributed by atoms with Crippen LogP contribution in [-0.2, 0) is 6.67 Å². The van der Waals surface area contributed by atoms with Crippen molar-refractivity contribution in [1.29, 1.82) is 0 Å². The van der Waals surface area contributed by atoms with Crippen molar-refractivity contribution in [2.24, 2.45) is 0 Å². The van der Waals surface area contributed by atoms with Crippen LogP contribution in [0.3, 0.4) is 0 Å². The summed E-state index contributed by atoms with van der Waals surface area (Å²) in [5.74, 6) is 0. The van der Waals surface area contributed by atoms with Gasteiger partial charge in [0.05, 0.1) is 5.69 Å². The summed E-state index contributed by atoms with van der Waals surface area (Å²) in [6.07, 6.45) is 0. The summed E-state index contributed by atoms with van der Waals surface area (Å²) in [5, 5.41) is 8.75. The molecule has 2 aromatic carbocycles. The zero-order valence-electron chi connectivity index (χ0n) is 14.2. The third kappa shape index (κ3) is 3.49. The zero-order valence-corrected chi connectivity index (χ0v) is 15.0. The van der Waals surface area contributed by atoms with Crippen molar-refractivity contribution in [3.05, 3.63) is 70.1 Å². The summed E-state index contributed by atoms with van der Waals surface area (Å²) < 4.78 is 2.73. The molecule has 7 nitrogen and oxygen atoms in total. The Bertz CT molecular complexity index is 930. The molecule has 0 radical (unpaired) electrons. The highest BCUT2D eigenvalue weighted by Crippen LogP contribution is 2.20. The average Bonchev–Trinajstić information content (AvgIpc) is 3.03. The number of tetrazole rings is 1. The number of anilines is 1. The first-order valence-corrected chi connectivity index (χ1v) is 8.89. The molecule has 4 rings (SSSR count). The topological polar surface area (TPSA) is 59.2 Å². The molecule has 2 heterocycles. The Morgan fingerprint density at radius 2 is 1.62 bits per heavy atom. The van der Waals surface area contributed by atoms with E-state index in [-0.39, 0.29) is 5.69 Å². The number of hydrogen-bond acceptors (Lipinski definition) is 5. The van der Waals surface area contributed by atoms with Crippen LogP contribution in [0, 0.1) is 0 Å². The van der Waals surface area contributed by atoms with Gasteiger partial charge in [-0.3, -0.25) is 4.90 Å². The molecule has 3 aromatic rings. The molecule has 134 valence electrons. The van der Waals surface area contributed by atoms with E-state index >= 15 is 0 Å². The van der Waals surface area contributed by atoms with E-state index in [1.54, 1.807) is 0 Å². The third-order valence-corrected chi connectivity index (χ3v) is 4.75. The minimum Gasteiger partial charge on any atom is -0.369 e. The fourth-order valence-corrected chi connectivity index (χ4v) is 3.29. The van der Waals surface area contributed by atoms with Gasteiger partial charge >= 0.3 is 5.69 Å². The summed E-state index contributed by atoms with van der Waals surface area (Å²) >= 11 is 6.08. The van der Waals surface area contributed by atoms with Gasteiger partial charge < -0.3 is 4.90 Å². The molecule has 1 aliphatic rings. The van der Waals surface area contributed by atoms with Crippen LogP contribution in [0.15, 0.2) is 59.4 Å². The molecule has 0 aliphatic carbocycles. The van der Waals surface area contributed by atoms with Gasteiger partial charge in [-0.05, 0) is 40.8 Å². The maximum atomic E-state index is 12.5. The van der Waals surface area contributed by atoms with Gasteiger partial charge in [0.2, 0.25) is 0 Å². The number of nitrogens with zero attached hydrogens (tertiary/aromatic N) is 6. The van der Waals surface area contributed by atoms with Gasteiger partial charge in [0.25, 0.3) is 0 Å². The van der Waals surface area contributed by atoms with E-state index in [0.717, 1.165) is 42.6 Å². The molecule has 0 N–H and O–H groups in total. The second kappa shape index (κ2) is 7.31. The largest absolute Gasteiger partial charge is 0.369 e. The summed E-state index contributed by atoms with van der Waals surface area (Å²) in [4.78, 5) is 17.0. The molecule has 0 bridgehead atoms. The normalized spacial score (nSPS) is 15.3. The lowest BCUT2D eigenvalue weighted by Gasteiger charge is -2.35. The lowest BCUT2D eigenvalue weighted by atomic mass is 10.2. The summed E-state index contributed by atoms with van der Waals surface area (Å²) in [6, 6.07) is 17.2. The third-order valence-electron chi connectivity index (χ3n) is 4.52. The van der Waals surface area contributed by atoms with Crippen LogP contribution in [0.4, 0.5) is 5.69 Å². The Labute approximate surface area is 156 Å². The number of piperazine rings is 1. The number of aromatic nitrogens is 4. The van der Waals surface area contributed by atoms with E-state index < -0.39 is 0 Å². The van der Waals surface area contributed by atoms with Crippen molar-refractivity contribution in [1.82, 2.24) is 24.7 Å². The first-order valence-electron chi connectivity index (χ1n) is 8.52. The van der Waals surface area contributed by atoms with Crippen molar-refractivity contribution in [2.75, 3.05) is 31.1 Å². The Hall–Kier alpha value is -2.64. The standard InChI is InChI=1S/C18H19ClN6O/c19-15-5-4-8-17(13-15)23-11-9-22(10-12-23)14-24-18(26)25(21-20-24)16-6-2-1-3-7-16/h1-8,13H,9-12,14H2. The Morgan fingerprint density at radius 1 is 0.885 bits per heavy atom. The van der Waals surface area contributed by atoms with Crippen LogP contribution in [0.2, 0.25) is 5.02 Å². The van der Waals surface area contributed by atoms with E-state index in [0.29, 0.717) is 6.67 Å². The van der Waals surface area contributed by atoms with E-state index in [9.17, 15) is 4.79 Å². The lowest BCUT2D eigenvalue weighted by Crippen LogP contribution is -2.48. The van der Waals surface area contributed by atoms with Crippen molar-refractivity contribution in [3.63, 3.8) is 0 Å². The molecule has 0 unspecified atom stereocenters. The average molecular weight is 371 g/mol. The van der Waals surface area contributed by atoms with E-state index in [4.69, 9.17) is 11.6 Å². The summed E-state index contributed by atoms with van der Waals surface area (Å²) in [6.45, 7) is 3.88. The second-order valence-electron chi connectivity index (χ2n) is 6.23. The van der Waals surface area contributed by atoms with E-state index in [1.165, 1.54) is 9.36 Å². The van der Waals surface area contributed by atoms with Crippen molar-refractivity contribution >= 4 is 17.3 Å². The molecular formula is C18H19ClN6O. The molecule has 0 amide bonds. The van der Waals surface area contributed by atoms with Crippen LogP contribution in [-0.4, -0.2) is 50.9 Å². The molecule has 1 saturated heterocycles. The van der Waals surface area contributed by atoms with Crippen LogP contribution in [0.25, 0.3) is 5.69 Å². The van der Waals surface area contributed by atoms with E-state index in [1.807, 2.05) is 48.5 Å². The van der Waals surface area contributed by atoms with Gasteiger partial charge in [-0.25, -0.2) is 4.79 Å². The molecule has 0 saturated carbocycles. The molecular weight excluding hydrogens is 352 g/mol. The number of halogens is 1. The fourth-order valence-electron chi connectivity index (χ4n) is 3.10. The molecule has 8 heteroatoms. The molecule has 0 atom stereocenters. The van der Waals surface area contributed by atoms with Crippen molar-refractivity contribution in [3.8, 4) is 5.69 Å². The van der Waals surface area contributed by atoms with Gasteiger partial charge in [-0.1, -0.05) is 35.9 Å². The van der Waals surface area contributed by atoms with Crippen LogP contribution in [0.5, 0.6) is 0 Å². The maximum Gasteiger partial charge on any atom is 0.369 e. The maximum absolute atomic E-state index is 12.5. The summed E-state index contributed by atoms with van der Waals surface area (Å²) in [5.41, 5.74) is 1.62. The highest BCUT2D eigenvalue weighted by atomic mass is 35.5. The number of benzene rings is 2. The van der Waals surface area contributed by atoms with Gasteiger partial charge in [0.15, 0.2) is 0 Å². The van der Waals surface area contributed by atoms with Crippen LogP contribution in [0.1, 0.15) is 0 Å². The smallest absolute Gasteiger partial charge is 0.369 e. The Balaban J connectivity index is 1.41. The molecule has 0 spiro atoms. The Kier molecular flexibility index (Phi) is 4.73. The predicted octanol–water partition coefficient (Wildman–Crippen LogP) is 1.86. The van der Waals surface area contributed by atoms with Crippen molar-refractivity contribution in [2.45, 2.75) is 6.67 Å². The zero-order chi connectivity index (χ0) is 17.9. The number of hydrogen-bond donors (Lipinski definition) is 0. The van der Waals surface area contributed by atoms with E-state index in [2.05, 4.69) is 26.3 Å². The van der Waals surface area contributed by atoms with Crippen LogP contribution < -0.4 is 10.6 Å². The first-order chi connectivity index (χ1) is 12.7. The lowest BCUT2D eigenvalue weighted by molar-refractivity contribution is 0.191. The molecule has 1 fully saturated rings. The molecule has 26 heavy (non-hydrogen) atoms. The minimum absolute atomic E-state index is 0.228. The van der Waals surface area contributed by atoms with Gasteiger partial charge in [0, 0.05) is 36.9 Å². The van der Waals surface area contributed by atoms with Gasteiger partial charge in [0.1, 0.15) is 6.67 Å². The predicted molar refractivity (Wildman–Crippen MR) is 101 cm³/mol. The van der Waals surface area contributed by atoms with Crippen LogP contribution >= 0.6 is 11.6 Å². The van der Waals surface area contributed by atoms with Crippen molar-refractivity contribution < 1.29 is 0 Å². The monoisotopic (exact) mass is 370 g/mol. The number of para-hydroxylation sites is 1. The van der Waals surface area contributed by atoms with Gasteiger partial charge in [-0.15, -0.1) is 0 Å². The summed E-state index contributed by atoms with van der Waals surface area (Å²) in [7, 11) is 0. The second-order valence-corrected chi connectivity index (χ2v) is 6.67. The molecule has 1 aromatic heterocycles. The highest BCUT2D eigenvalue weighted by Gasteiger charge is 2.19. The van der Waals surface area contributed by atoms with Gasteiger partial charge in [-0.2, -0.15) is 9.36 Å². The molecule has 1 aliphatic heterocycles.